The van der Waals surface area contributed by atoms with Gasteiger partial charge in [-0.2, -0.15) is 0 Å². The van der Waals surface area contributed by atoms with Crippen molar-refractivity contribution in [3.05, 3.63) is 24.6 Å². The number of carbonyl (C=O) groups excluding carboxylic acids is 2. The molecule has 0 aromatic rings. The summed E-state index contributed by atoms with van der Waals surface area (Å²) in [5, 5.41) is 5.93. The van der Waals surface area contributed by atoms with E-state index in [1.54, 1.807) is 40.1 Å². The SMILES string of the molecule is CCOC(OCC)C(=O)/C=C\NCCN/C=C\C(=O)C(OCC)OCC. The summed E-state index contributed by atoms with van der Waals surface area (Å²) < 4.78 is 20.8. The molecule has 0 aromatic heterocycles. The fourth-order valence-electron chi connectivity index (χ4n) is 1.78. The highest BCUT2D eigenvalue weighted by Gasteiger charge is 2.16. The van der Waals surface area contributed by atoms with Gasteiger partial charge in [-0.1, -0.05) is 0 Å². The molecule has 8 heteroatoms. The number of carbonyl (C=O) groups is 2. The standard InChI is InChI=1S/C18H32N2O6/c1-5-23-17(24-6-2)15(21)9-11-19-13-14-20-12-10-16(22)18(25-7-3)26-8-4/h9-12,17-20H,5-8,13-14H2,1-4H3/b11-9-,12-10-. The first-order chi connectivity index (χ1) is 12.6. The largest absolute Gasteiger partial charge is 0.389 e. The molecule has 0 amide bonds. The summed E-state index contributed by atoms with van der Waals surface area (Å²) in [6.45, 7) is 9.95. The van der Waals surface area contributed by atoms with E-state index in [0.29, 0.717) is 39.5 Å². The van der Waals surface area contributed by atoms with Crippen molar-refractivity contribution in [2.24, 2.45) is 0 Å². The molecule has 0 aliphatic carbocycles. The van der Waals surface area contributed by atoms with E-state index in [1.807, 2.05) is 0 Å². The number of rotatable bonds is 17. The van der Waals surface area contributed by atoms with Gasteiger partial charge in [0.2, 0.25) is 24.1 Å². The van der Waals surface area contributed by atoms with Gasteiger partial charge in [0, 0.05) is 64.1 Å². The van der Waals surface area contributed by atoms with Gasteiger partial charge in [-0.25, -0.2) is 0 Å². The van der Waals surface area contributed by atoms with Crippen LogP contribution in [0.1, 0.15) is 27.7 Å². The van der Waals surface area contributed by atoms with Crippen molar-refractivity contribution in [1.82, 2.24) is 10.6 Å². The molecule has 0 aliphatic rings. The van der Waals surface area contributed by atoms with Crippen LogP contribution in [0.5, 0.6) is 0 Å². The number of ether oxygens (including phenoxy) is 4. The molecule has 8 nitrogen and oxygen atoms in total. The molecule has 0 unspecified atom stereocenters. The van der Waals surface area contributed by atoms with Gasteiger partial charge in [0.25, 0.3) is 0 Å². The van der Waals surface area contributed by atoms with Crippen molar-refractivity contribution in [1.29, 1.82) is 0 Å². The van der Waals surface area contributed by atoms with E-state index in [0.717, 1.165) is 0 Å². The van der Waals surface area contributed by atoms with Gasteiger partial charge in [0.05, 0.1) is 0 Å². The zero-order valence-corrected chi connectivity index (χ0v) is 16.2. The Morgan fingerprint density at radius 1 is 0.692 bits per heavy atom. The molecule has 0 aromatic carbocycles. The van der Waals surface area contributed by atoms with Crippen LogP contribution < -0.4 is 10.6 Å². The Kier molecular flexibility index (Phi) is 15.6. The Balaban J connectivity index is 4.01. The van der Waals surface area contributed by atoms with E-state index in [2.05, 4.69) is 10.6 Å². The van der Waals surface area contributed by atoms with Gasteiger partial charge < -0.3 is 29.6 Å². The average molecular weight is 372 g/mol. The van der Waals surface area contributed by atoms with E-state index in [1.165, 1.54) is 12.2 Å². The fourth-order valence-corrected chi connectivity index (χ4v) is 1.78. The van der Waals surface area contributed by atoms with Crippen LogP contribution in [0.15, 0.2) is 24.6 Å². The Labute approximate surface area is 155 Å². The maximum atomic E-state index is 11.8. The minimum atomic E-state index is -0.862. The molecule has 0 saturated heterocycles. The minimum absolute atomic E-state index is 0.252. The van der Waals surface area contributed by atoms with E-state index < -0.39 is 12.6 Å². The molecular formula is C18H32N2O6. The first kappa shape index (κ1) is 24.3. The van der Waals surface area contributed by atoms with Crippen molar-refractivity contribution in [2.75, 3.05) is 39.5 Å². The quantitative estimate of drug-likeness (QED) is 0.223. The molecule has 0 spiro atoms. The van der Waals surface area contributed by atoms with Crippen molar-refractivity contribution in [3.63, 3.8) is 0 Å². The zero-order valence-electron chi connectivity index (χ0n) is 16.2. The van der Waals surface area contributed by atoms with Gasteiger partial charge in [-0.15, -0.1) is 0 Å². The van der Waals surface area contributed by atoms with E-state index in [9.17, 15) is 9.59 Å². The van der Waals surface area contributed by atoms with Crippen molar-refractivity contribution >= 4 is 11.6 Å². The zero-order chi connectivity index (χ0) is 19.6. The minimum Gasteiger partial charge on any atom is -0.389 e. The molecule has 0 rings (SSSR count). The normalized spacial score (nSPS) is 11.8. The molecular weight excluding hydrogens is 340 g/mol. The van der Waals surface area contributed by atoms with Crippen LogP contribution in [0.2, 0.25) is 0 Å². The third kappa shape index (κ3) is 11.8. The second-order valence-corrected chi connectivity index (χ2v) is 4.86. The van der Waals surface area contributed by atoms with Crippen LogP contribution >= 0.6 is 0 Å². The predicted molar refractivity (Wildman–Crippen MR) is 98.4 cm³/mol. The molecule has 0 fully saturated rings. The number of hydrogen-bond acceptors (Lipinski definition) is 8. The van der Waals surface area contributed by atoms with E-state index in [4.69, 9.17) is 18.9 Å². The molecule has 0 heterocycles. The lowest BCUT2D eigenvalue weighted by atomic mass is 10.3. The van der Waals surface area contributed by atoms with Gasteiger partial charge >= 0.3 is 0 Å². The Morgan fingerprint density at radius 2 is 1.00 bits per heavy atom. The lowest BCUT2D eigenvalue weighted by Crippen LogP contribution is -2.27. The lowest BCUT2D eigenvalue weighted by molar-refractivity contribution is -0.163. The van der Waals surface area contributed by atoms with Crippen LogP contribution in [-0.2, 0) is 28.5 Å². The van der Waals surface area contributed by atoms with Gasteiger partial charge in [-0.05, 0) is 27.7 Å². The number of hydrogen-bond donors (Lipinski definition) is 2. The van der Waals surface area contributed by atoms with Crippen molar-refractivity contribution < 1.29 is 28.5 Å². The second kappa shape index (κ2) is 16.7. The lowest BCUT2D eigenvalue weighted by Gasteiger charge is -2.13. The summed E-state index contributed by atoms with van der Waals surface area (Å²) in [5.74, 6) is -0.505. The summed E-state index contributed by atoms with van der Waals surface area (Å²) >= 11 is 0. The second-order valence-electron chi connectivity index (χ2n) is 4.86. The maximum absolute atomic E-state index is 11.8. The molecule has 0 bridgehead atoms. The molecule has 26 heavy (non-hydrogen) atoms. The van der Waals surface area contributed by atoms with Gasteiger partial charge in [-0.3, -0.25) is 9.59 Å². The van der Waals surface area contributed by atoms with E-state index >= 15 is 0 Å². The van der Waals surface area contributed by atoms with Gasteiger partial charge in [0.1, 0.15) is 0 Å². The van der Waals surface area contributed by atoms with Gasteiger partial charge in [0.15, 0.2) is 0 Å². The van der Waals surface area contributed by atoms with Crippen molar-refractivity contribution in [2.45, 2.75) is 40.3 Å². The topological polar surface area (TPSA) is 95.1 Å². The first-order valence-corrected chi connectivity index (χ1v) is 8.94. The molecule has 150 valence electrons. The number of nitrogens with one attached hydrogen (secondary N) is 2. The first-order valence-electron chi connectivity index (χ1n) is 8.94. The summed E-state index contributed by atoms with van der Waals surface area (Å²) in [4.78, 5) is 23.7. The van der Waals surface area contributed by atoms with Crippen LogP contribution in [0.25, 0.3) is 0 Å². The molecule has 0 atom stereocenters. The number of ketones is 2. The maximum Gasteiger partial charge on any atom is 0.222 e. The molecule has 2 N–H and O–H groups in total. The summed E-state index contributed by atoms with van der Waals surface area (Å²) in [7, 11) is 0. The van der Waals surface area contributed by atoms with Crippen LogP contribution in [0.3, 0.4) is 0 Å². The Morgan fingerprint density at radius 3 is 1.27 bits per heavy atom. The average Bonchev–Trinajstić information content (AvgIpc) is 2.63. The summed E-state index contributed by atoms with van der Waals surface area (Å²) in [6.07, 6.45) is 4.13. The molecule has 0 saturated carbocycles. The van der Waals surface area contributed by atoms with Crippen LogP contribution in [0, 0.1) is 0 Å². The summed E-state index contributed by atoms with van der Waals surface area (Å²) in [5.41, 5.74) is 0. The molecule has 0 aliphatic heterocycles. The monoisotopic (exact) mass is 372 g/mol. The van der Waals surface area contributed by atoms with Crippen LogP contribution in [-0.4, -0.2) is 63.7 Å². The third-order valence-corrected chi connectivity index (χ3v) is 2.88. The Bertz CT molecular complexity index is 387. The third-order valence-electron chi connectivity index (χ3n) is 2.88. The highest BCUT2D eigenvalue weighted by atomic mass is 16.7. The highest BCUT2D eigenvalue weighted by molar-refractivity contribution is 5.92. The van der Waals surface area contributed by atoms with Crippen molar-refractivity contribution in [3.8, 4) is 0 Å². The summed E-state index contributed by atoms with van der Waals surface area (Å²) in [6, 6.07) is 0. The smallest absolute Gasteiger partial charge is 0.222 e. The molecule has 0 radical (unpaired) electrons. The fraction of sp³-hybridized carbons (Fsp3) is 0.667. The van der Waals surface area contributed by atoms with Crippen LogP contribution in [0.4, 0.5) is 0 Å². The predicted octanol–water partition coefficient (Wildman–Crippen LogP) is 1.13. The highest BCUT2D eigenvalue weighted by Crippen LogP contribution is 1.99. The van der Waals surface area contributed by atoms with E-state index in [-0.39, 0.29) is 11.6 Å². The Hall–Kier alpha value is -1.74.